The van der Waals surface area contributed by atoms with Crippen molar-refractivity contribution in [3.05, 3.63) is 77.1 Å². The lowest BCUT2D eigenvalue weighted by atomic mass is 10.0. The Bertz CT molecular complexity index is 1100. The van der Waals surface area contributed by atoms with Gasteiger partial charge in [0.25, 0.3) is 5.91 Å². The summed E-state index contributed by atoms with van der Waals surface area (Å²) in [6.45, 7) is 9.30. The standard InChI is InChI=1S/C26H33N5O2S/c1-5-31-24(23(18(2)3)28-25(33)21-13-9-10-19(4)16-21)29-30-26(31)34-17-22(32)27-15-14-20-11-7-6-8-12-20/h6-13,16,18,23H,5,14-15,17H2,1-4H3,(H,27,32)(H,28,33)/t23-/m0/s1. The number of carbonyl (C=O) groups excluding carboxylic acids is 2. The number of nitrogens with one attached hydrogen (secondary N) is 2. The summed E-state index contributed by atoms with van der Waals surface area (Å²) in [5, 5.41) is 15.5. The zero-order valence-corrected chi connectivity index (χ0v) is 21.1. The predicted octanol–water partition coefficient (Wildman–Crippen LogP) is 4.18. The molecule has 1 aromatic heterocycles. The van der Waals surface area contributed by atoms with E-state index in [1.807, 2.05) is 74.7 Å². The molecule has 3 aromatic rings. The van der Waals surface area contributed by atoms with E-state index in [1.54, 1.807) is 0 Å². The van der Waals surface area contributed by atoms with Gasteiger partial charge in [0, 0.05) is 18.7 Å². The van der Waals surface area contributed by atoms with Gasteiger partial charge in [-0.2, -0.15) is 0 Å². The van der Waals surface area contributed by atoms with E-state index in [2.05, 4.69) is 33.0 Å². The van der Waals surface area contributed by atoms with Crippen LogP contribution < -0.4 is 10.6 Å². The molecule has 0 fully saturated rings. The van der Waals surface area contributed by atoms with Gasteiger partial charge in [0.05, 0.1) is 11.8 Å². The Balaban J connectivity index is 1.61. The van der Waals surface area contributed by atoms with E-state index < -0.39 is 0 Å². The second-order valence-electron chi connectivity index (χ2n) is 8.52. The molecule has 34 heavy (non-hydrogen) atoms. The highest BCUT2D eigenvalue weighted by atomic mass is 32.2. The first kappa shape index (κ1) is 25.5. The van der Waals surface area contributed by atoms with Crippen molar-refractivity contribution in [1.82, 2.24) is 25.4 Å². The first-order valence-corrected chi connectivity index (χ1v) is 12.6. The van der Waals surface area contributed by atoms with Gasteiger partial charge in [-0.3, -0.25) is 9.59 Å². The van der Waals surface area contributed by atoms with E-state index >= 15 is 0 Å². The van der Waals surface area contributed by atoms with E-state index in [0.717, 1.165) is 12.0 Å². The minimum absolute atomic E-state index is 0.0405. The van der Waals surface area contributed by atoms with Crippen molar-refractivity contribution in [1.29, 1.82) is 0 Å². The third kappa shape index (κ3) is 6.93. The van der Waals surface area contributed by atoms with Crippen LogP contribution in [0.25, 0.3) is 0 Å². The Hall–Kier alpha value is -3.13. The van der Waals surface area contributed by atoms with Gasteiger partial charge in [0.2, 0.25) is 5.91 Å². The molecule has 0 aliphatic heterocycles. The number of nitrogens with zero attached hydrogens (tertiary/aromatic N) is 3. The van der Waals surface area contributed by atoms with Gasteiger partial charge in [0.1, 0.15) is 0 Å². The minimum atomic E-state index is -0.297. The molecule has 0 saturated heterocycles. The number of amides is 2. The van der Waals surface area contributed by atoms with Crippen LogP contribution in [0, 0.1) is 12.8 Å². The van der Waals surface area contributed by atoms with Gasteiger partial charge in [-0.1, -0.05) is 73.6 Å². The maximum atomic E-state index is 12.9. The number of aryl methyl sites for hydroxylation is 1. The molecule has 0 unspecified atom stereocenters. The van der Waals surface area contributed by atoms with Crippen LogP contribution in [0.3, 0.4) is 0 Å². The summed E-state index contributed by atoms with van der Waals surface area (Å²) < 4.78 is 1.98. The van der Waals surface area contributed by atoms with Crippen LogP contribution in [0.15, 0.2) is 59.8 Å². The van der Waals surface area contributed by atoms with Crippen molar-refractivity contribution >= 4 is 23.6 Å². The quantitative estimate of drug-likeness (QED) is 0.403. The van der Waals surface area contributed by atoms with E-state index in [0.29, 0.717) is 29.6 Å². The third-order valence-electron chi connectivity index (χ3n) is 5.48. The molecule has 3 rings (SSSR count). The van der Waals surface area contributed by atoms with Crippen molar-refractivity contribution in [3.8, 4) is 0 Å². The Morgan fingerprint density at radius 3 is 2.50 bits per heavy atom. The number of hydrogen-bond donors (Lipinski definition) is 2. The Kier molecular flexibility index (Phi) is 9.27. The van der Waals surface area contributed by atoms with E-state index in [4.69, 9.17) is 0 Å². The molecular formula is C26H33N5O2S. The summed E-state index contributed by atoms with van der Waals surface area (Å²) in [5.41, 5.74) is 2.85. The van der Waals surface area contributed by atoms with Gasteiger partial charge in [0.15, 0.2) is 11.0 Å². The number of benzene rings is 2. The number of rotatable bonds is 11. The first-order valence-electron chi connectivity index (χ1n) is 11.6. The summed E-state index contributed by atoms with van der Waals surface area (Å²) >= 11 is 1.36. The van der Waals surface area contributed by atoms with Crippen molar-refractivity contribution < 1.29 is 9.59 Å². The van der Waals surface area contributed by atoms with Crippen molar-refractivity contribution in [2.75, 3.05) is 12.3 Å². The molecule has 2 aromatic carbocycles. The van der Waals surface area contributed by atoms with Crippen LogP contribution >= 0.6 is 11.8 Å². The fourth-order valence-electron chi connectivity index (χ4n) is 3.65. The normalized spacial score (nSPS) is 11.9. The predicted molar refractivity (Wildman–Crippen MR) is 136 cm³/mol. The van der Waals surface area contributed by atoms with Crippen LogP contribution in [0.5, 0.6) is 0 Å². The largest absolute Gasteiger partial charge is 0.355 e. The van der Waals surface area contributed by atoms with E-state index in [-0.39, 0.29) is 29.5 Å². The molecule has 1 atom stereocenters. The summed E-state index contributed by atoms with van der Waals surface area (Å²) in [7, 11) is 0. The lowest BCUT2D eigenvalue weighted by molar-refractivity contribution is -0.118. The molecule has 1 heterocycles. The lowest BCUT2D eigenvalue weighted by Crippen LogP contribution is -2.34. The smallest absolute Gasteiger partial charge is 0.251 e. The molecule has 2 N–H and O–H groups in total. The fraction of sp³-hybridized carbons (Fsp3) is 0.385. The van der Waals surface area contributed by atoms with Gasteiger partial charge < -0.3 is 15.2 Å². The molecule has 0 spiro atoms. The monoisotopic (exact) mass is 479 g/mol. The molecule has 0 bridgehead atoms. The maximum Gasteiger partial charge on any atom is 0.251 e. The molecule has 180 valence electrons. The third-order valence-corrected chi connectivity index (χ3v) is 6.45. The summed E-state index contributed by atoms with van der Waals surface area (Å²) in [6.07, 6.45) is 0.795. The zero-order chi connectivity index (χ0) is 24.5. The van der Waals surface area contributed by atoms with E-state index in [1.165, 1.54) is 17.3 Å². The zero-order valence-electron chi connectivity index (χ0n) is 20.2. The second kappa shape index (κ2) is 12.4. The van der Waals surface area contributed by atoms with Crippen LogP contribution in [0.2, 0.25) is 0 Å². The molecular weight excluding hydrogens is 446 g/mol. The fourth-order valence-corrected chi connectivity index (χ4v) is 4.49. The summed E-state index contributed by atoms with van der Waals surface area (Å²) in [5.74, 6) is 0.892. The average molecular weight is 480 g/mol. The van der Waals surface area contributed by atoms with Crippen molar-refractivity contribution in [3.63, 3.8) is 0 Å². The molecule has 0 aliphatic rings. The number of carbonyl (C=O) groups is 2. The van der Waals surface area contributed by atoms with E-state index in [9.17, 15) is 9.59 Å². The summed E-state index contributed by atoms with van der Waals surface area (Å²) in [4.78, 5) is 25.2. The highest BCUT2D eigenvalue weighted by molar-refractivity contribution is 7.99. The van der Waals surface area contributed by atoms with Crippen molar-refractivity contribution in [2.24, 2.45) is 5.92 Å². The molecule has 0 aliphatic carbocycles. The van der Waals surface area contributed by atoms with Crippen LogP contribution in [-0.2, 0) is 17.8 Å². The lowest BCUT2D eigenvalue weighted by Gasteiger charge is -2.22. The van der Waals surface area contributed by atoms with Gasteiger partial charge >= 0.3 is 0 Å². The number of aromatic nitrogens is 3. The van der Waals surface area contributed by atoms with Crippen LogP contribution in [0.4, 0.5) is 0 Å². The molecule has 0 radical (unpaired) electrons. The Morgan fingerprint density at radius 2 is 1.82 bits per heavy atom. The number of thioether (sulfide) groups is 1. The van der Waals surface area contributed by atoms with Crippen molar-refractivity contribution in [2.45, 2.75) is 51.9 Å². The first-order chi connectivity index (χ1) is 16.4. The molecule has 7 nitrogen and oxygen atoms in total. The van der Waals surface area contributed by atoms with Gasteiger partial charge in [-0.15, -0.1) is 10.2 Å². The SMILES string of the molecule is CCn1c(SCC(=O)NCCc2ccccc2)nnc1[C@@H](NC(=O)c1cccc(C)c1)C(C)C. The summed E-state index contributed by atoms with van der Waals surface area (Å²) in [6, 6.07) is 17.3. The minimum Gasteiger partial charge on any atom is -0.355 e. The van der Waals surface area contributed by atoms with Gasteiger partial charge in [-0.05, 0) is 43.9 Å². The highest BCUT2D eigenvalue weighted by Crippen LogP contribution is 2.25. The molecule has 2 amide bonds. The Labute approximate surface area is 205 Å². The Morgan fingerprint density at radius 1 is 1.06 bits per heavy atom. The highest BCUT2D eigenvalue weighted by Gasteiger charge is 2.26. The average Bonchev–Trinajstić information content (AvgIpc) is 3.24. The molecule has 0 saturated carbocycles. The van der Waals surface area contributed by atoms with Gasteiger partial charge in [-0.25, -0.2) is 0 Å². The topological polar surface area (TPSA) is 88.9 Å². The number of hydrogen-bond acceptors (Lipinski definition) is 5. The molecule has 8 heteroatoms. The maximum absolute atomic E-state index is 12.9. The van der Waals surface area contributed by atoms with Crippen LogP contribution in [0.1, 0.15) is 54.1 Å². The second-order valence-corrected chi connectivity index (χ2v) is 9.47. The van der Waals surface area contributed by atoms with Crippen LogP contribution in [-0.4, -0.2) is 38.9 Å².